The van der Waals surface area contributed by atoms with Crippen molar-refractivity contribution in [1.82, 2.24) is 4.57 Å². The van der Waals surface area contributed by atoms with Gasteiger partial charge in [0.05, 0.1) is 0 Å². The van der Waals surface area contributed by atoms with E-state index in [-0.39, 0.29) is 0 Å². The van der Waals surface area contributed by atoms with Gasteiger partial charge < -0.3 is 15.1 Å². The van der Waals surface area contributed by atoms with Crippen molar-refractivity contribution in [1.29, 1.82) is 5.41 Å². The van der Waals surface area contributed by atoms with Crippen molar-refractivity contribution >= 4 is 22.6 Å². The Morgan fingerprint density at radius 2 is 1.90 bits per heavy atom. The molecule has 1 aliphatic heterocycles. The van der Waals surface area contributed by atoms with E-state index in [9.17, 15) is 0 Å². The van der Waals surface area contributed by atoms with E-state index in [1.807, 2.05) is 6.92 Å². The molecule has 0 fully saturated rings. The number of aromatic nitrogens is 1. The lowest BCUT2D eigenvalue weighted by Crippen LogP contribution is -2.11. The predicted octanol–water partition coefficient (Wildman–Crippen LogP) is 3.46. The smallest absolute Gasteiger partial charge is 0.300 e. The number of nitrogens with zero attached hydrogens (tertiary/aromatic N) is 1. The van der Waals surface area contributed by atoms with E-state index in [0.29, 0.717) is 5.71 Å². The number of hydrogen-bond donors (Lipinski definition) is 2. The molecule has 0 aliphatic carbocycles. The standard InChI is InChI=1S/C14H16N2.C2H4O2/c1-10(15)14-11-6-2-3-7-12(11)16-9-5-4-8-13(14)16;1-2(3)4/h2-3,6-7,15H,4-5,8-9H2,1H3;1H3,(H,3,4). The largest absolute Gasteiger partial charge is 0.481 e. The van der Waals surface area contributed by atoms with Crippen molar-refractivity contribution in [2.75, 3.05) is 0 Å². The molecule has 1 aromatic carbocycles. The maximum atomic E-state index is 9.00. The highest BCUT2D eigenvalue weighted by atomic mass is 16.4. The minimum Gasteiger partial charge on any atom is -0.481 e. The van der Waals surface area contributed by atoms with Crippen LogP contribution in [0.1, 0.15) is 37.9 Å². The number of nitrogens with one attached hydrogen (secondary N) is 1. The first-order valence-corrected chi connectivity index (χ1v) is 6.87. The van der Waals surface area contributed by atoms with Crippen molar-refractivity contribution in [3.05, 3.63) is 35.5 Å². The monoisotopic (exact) mass is 272 g/mol. The van der Waals surface area contributed by atoms with E-state index in [2.05, 4.69) is 28.8 Å². The molecule has 0 unspecified atom stereocenters. The van der Waals surface area contributed by atoms with Gasteiger partial charge in [0.1, 0.15) is 0 Å². The van der Waals surface area contributed by atoms with Crippen molar-refractivity contribution in [2.24, 2.45) is 0 Å². The molecule has 0 amide bonds. The minimum absolute atomic E-state index is 0.701. The topological polar surface area (TPSA) is 66.1 Å². The van der Waals surface area contributed by atoms with Gasteiger partial charge in [-0.2, -0.15) is 0 Å². The van der Waals surface area contributed by atoms with Crippen molar-refractivity contribution in [2.45, 2.75) is 39.7 Å². The first-order valence-electron chi connectivity index (χ1n) is 6.87. The normalized spacial score (nSPS) is 13.3. The Kier molecular flexibility index (Phi) is 4.23. The zero-order valence-corrected chi connectivity index (χ0v) is 11.9. The van der Waals surface area contributed by atoms with Crippen molar-refractivity contribution in [3.63, 3.8) is 0 Å². The van der Waals surface area contributed by atoms with E-state index < -0.39 is 5.97 Å². The summed E-state index contributed by atoms with van der Waals surface area (Å²) in [6.07, 6.45) is 3.65. The molecule has 4 nitrogen and oxygen atoms in total. The number of fused-ring (bicyclic) bond motifs is 3. The number of para-hydroxylation sites is 1. The van der Waals surface area contributed by atoms with Gasteiger partial charge in [0.25, 0.3) is 5.97 Å². The van der Waals surface area contributed by atoms with Crippen molar-refractivity contribution in [3.8, 4) is 0 Å². The Bertz CT molecular complexity index is 652. The van der Waals surface area contributed by atoms with Crippen LogP contribution in [0.15, 0.2) is 24.3 Å². The molecule has 0 saturated heterocycles. The fourth-order valence-electron chi connectivity index (χ4n) is 2.85. The second-order valence-electron chi connectivity index (χ2n) is 5.09. The average molecular weight is 272 g/mol. The second-order valence-corrected chi connectivity index (χ2v) is 5.09. The van der Waals surface area contributed by atoms with Crippen LogP contribution in [0.2, 0.25) is 0 Å². The Morgan fingerprint density at radius 3 is 2.55 bits per heavy atom. The number of aliphatic carboxylic acids is 1. The van der Waals surface area contributed by atoms with Gasteiger partial charge in [0, 0.05) is 41.3 Å². The molecular weight excluding hydrogens is 252 g/mol. The van der Waals surface area contributed by atoms with Gasteiger partial charge in [-0.1, -0.05) is 18.2 Å². The number of carbonyl (C=O) groups is 1. The maximum absolute atomic E-state index is 9.00. The van der Waals surface area contributed by atoms with Gasteiger partial charge in [0.2, 0.25) is 0 Å². The number of carboxylic acids is 1. The highest BCUT2D eigenvalue weighted by molar-refractivity contribution is 6.09. The third-order valence-corrected chi connectivity index (χ3v) is 3.50. The number of carboxylic acid groups (broad SMARTS) is 1. The fraction of sp³-hybridized carbons (Fsp3) is 0.375. The molecule has 2 aromatic rings. The van der Waals surface area contributed by atoms with Crippen LogP contribution in [0.25, 0.3) is 10.9 Å². The van der Waals surface area contributed by atoms with Gasteiger partial charge >= 0.3 is 0 Å². The molecule has 0 atom stereocenters. The van der Waals surface area contributed by atoms with Gasteiger partial charge in [-0.15, -0.1) is 0 Å². The lowest BCUT2D eigenvalue weighted by Gasteiger charge is -2.17. The summed E-state index contributed by atoms with van der Waals surface area (Å²) in [7, 11) is 0. The summed E-state index contributed by atoms with van der Waals surface area (Å²) in [4.78, 5) is 9.00. The molecule has 0 bridgehead atoms. The first-order chi connectivity index (χ1) is 9.52. The van der Waals surface area contributed by atoms with E-state index in [0.717, 1.165) is 19.9 Å². The molecule has 1 aliphatic rings. The van der Waals surface area contributed by atoms with Crippen LogP contribution in [0, 0.1) is 5.41 Å². The van der Waals surface area contributed by atoms with Gasteiger partial charge in [0.15, 0.2) is 0 Å². The molecule has 106 valence electrons. The Labute approximate surface area is 118 Å². The summed E-state index contributed by atoms with van der Waals surface area (Å²) in [6.45, 7) is 4.10. The molecule has 1 aromatic heterocycles. The molecule has 0 saturated carbocycles. The zero-order chi connectivity index (χ0) is 14.7. The van der Waals surface area contributed by atoms with Crippen LogP contribution in [0.3, 0.4) is 0 Å². The molecule has 20 heavy (non-hydrogen) atoms. The lowest BCUT2D eigenvalue weighted by atomic mass is 10.0. The maximum Gasteiger partial charge on any atom is 0.300 e. The third-order valence-electron chi connectivity index (χ3n) is 3.50. The number of rotatable bonds is 1. The third kappa shape index (κ3) is 2.74. The Morgan fingerprint density at radius 1 is 1.25 bits per heavy atom. The van der Waals surface area contributed by atoms with Crippen LogP contribution in [0.4, 0.5) is 0 Å². The first kappa shape index (κ1) is 14.3. The van der Waals surface area contributed by atoms with Crippen LogP contribution in [-0.4, -0.2) is 21.4 Å². The number of benzene rings is 1. The molecule has 0 spiro atoms. The average Bonchev–Trinajstić information content (AvgIpc) is 2.72. The predicted molar refractivity (Wildman–Crippen MR) is 80.7 cm³/mol. The van der Waals surface area contributed by atoms with E-state index >= 15 is 0 Å². The molecule has 0 radical (unpaired) electrons. The van der Waals surface area contributed by atoms with Gasteiger partial charge in [-0.25, -0.2) is 0 Å². The Balaban J connectivity index is 0.000000328. The summed E-state index contributed by atoms with van der Waals surface area (Å²) in [5.74, 6) is -0.833. The zero-order valence-electron chi connectivity index (χ0n) is 11.9. The van der Waals surface area contributed by atoms with E-state index in [1.54, 1.807) is 0 Å². The van der Waals surface area contributed by atoms with Crippen LogP contribution < -0.4 is 0 Å². The quantitative estimate of drug-likeness (QED) is 0.781. The molecule has 2 heterocycles. The Hall–Kier alpha value is -2.10. The summed E-state index contributed by atoms with van der Waals surface area (Å²) in [5.41, 5.74) is 4.56. The summed E-state index contributed by atoms with van der Waals surface area (Å²) in [5, 5.41) is 16.6. The highest BCUT2D eigenvalue weighted by Gasteiger charge is 2.19. The van der Waals surface area contributed by atoms with Crippen molar-refractivity contribution < 1.29 is 9.90 Å². The second kappa shape index (κ2) is 5.90. The van der Waals surface area contributed by atoms with Gasteiger partial charge in [-0.3, -0.25) is 4.79 Å². The lowest BCUT2D eigenvalue weighted by molar-refractivity contribution is -0.134. The summed E-state index contributed by atoms with van der Waals surface area (Å²) >= 11 is 0. The highest BCUT2D eigenvalue weighted by Crippen LogP contribution is 2.30. The molecular formula is C16H20N2O2. The summed E-state index contributed by atoms with van der Waals surface area (Å²) < 4.78 is 2.41. The SMILES string of the molecule is CC(=N)c1c2n(c3ccccc13)CCCC2.CC(=O)O. The fourth-order valence-corrected chi connectivity index (χ4v) is 2.85. The van der Waals surface area contributed by atoms with Gasteiger partial charge in [-0.05, 0) is 32.3 Å². The number of aryl methyl sites for hydroxylation is 1. The van der Waals surface area contributed by atoms with E-state index in [1.165, 1.54) is 35.0 Å². The number of hydrogen-bond acceptors (Lipinski definition) is 2. The molecule has 2 N–H and O–H groups in total. The van der Waals surface area contributed by atoms with Crippen LogP contribution in [0.5, 0.6) is 0 Å². The van der Waals surface area contributed by atoms with Crippen LogP contribution >= 0.6 is 0 Å². The molecule has 4 heteroatoms. The molecule has 3 rings (SSSR count). The van der Waals surface area contributed by atoms with E-state index in [4.69, 9.17) is 15.3 Å². The minimum atomic E-state index is -0.833. The van der Waals surface area contributed by atoms with Crippen LogP contribution in [-0.2, 0) is 17.8 Å². The summed E-state index contributed by atoms with van der Waals surface area (Å²) in [6, 6.07) is 8.48.